The van der Waals surface area contributed by atoms with Crippen molar-refractivity contribution in [2.45, 2.75) is 19.1 Å². The predicted molar refractivity (Wildman–Crippen MR) is 109 cm³/mol. The molecule has 1 aromatic heterocycles. The first-order valence-corrected chi connectivity index (χ1v) is 9.76. The fraction of sp³-hybridized carbons (Fsp3) is 0.238. The van der Waals surface area contributed by atoms with Crippen molar-refractivity contribution in [2.75, 3.05) is 25.1 Å². The van der Waals surface area contributed by atoms with Gasteiger partial charge in [0, 0.05) is 35.3 Å². The number of oxazole rings is 1. The first-order valence-electron chi connectivity index (χ1n) is 8.95. The SMILES string of the molecule is CCN(CC)c1ccc(/C=C(\Sc2nc3ccccc3o2)C(=O)[O-])c(OC)c1. The van der Waals surface area contributed by atoms with Gasteiger partial charge in [-0.05, 0) is 56.0 Å². The summed E-state index contributed by atoms with van der Waals surface area (Å²) in [5.41, 5.74) is 2.93. The van der Waals surface area contributed by atoms with Crippen LogP contribution in [0.3, 0.4) is 0 Å². The molecule has 0 aliphatic carbocycles. The zero-order valence-electron chi connectivity index (χ0n) is 16.0. The highest BCUT2D eigenvalue weighted by Gasteiger charge is 2.12. The molecule has 0 N–H and O–H groups in total. The van der Waals surface area contributed by atoms with E-state index in [2.05, 4.69) is 23.7 Å². The van der Waals surface area contributed by atoms with E-state index >= 15 is 0 Å². The van der Waals surface area contributed by atoms with Crippen LogP contribution in [-0.2, 0) is 4.79 Å². The number of hydrogen-bond donors (Lipinski definition) is 0. The maximum atomic E-state index is 11.7. The number of hydrogen-bond acceptors (Lipinski definition) is 7. The Bertz CT molecular complexity index is 976. The highest BCUT2D eigenvalue weighted by molar-refractivity contribution is 8.03. The number of ether oxygens (including phenoxy) is 1. The van der Waals surface area contributed by atoms with Gasteiger partial charge in [-0.3, -0.25) is 0 Å². The normalized spacial score (nSPS) is 11.6. The number of fused-ring (bicyclic) bond motifs is 1. The van der Waals surface area contributed by atoms with E-state index in [1.165, 1.54) is 6.08 Å². The summed E-state index contributed by atoms with van der Waals surface area (Å²) in [6, 6.07) is 12.9. The van der Waals surface area contributed by atoms with Crippen molar-refractivity contribution in [1.82, 2.24) is 4.98 Å². The van der Waals surface area contributed by atoms with Crippen molar-refractivity contribution < 1.29 is 19.1 Å². The average Bonchev–Trinajstić information content (AvgIpc) is 3.11. The molecule has 6 nitrogen and oxygen atoms in total. The monoisotopic (exact) mass is 397 g/mol. The molecule has 0 unspecified atom stereocenters. The van der Waals surface area contributed by atoms with E-state index in [0.717, 1.165) is 30.5 Å². The molecule has 7 heteroatoms. The number of thioether (sulfide) groups is 1. The number of carboxylic acids is 1. The highest BCUT2D eigenvalue weighted by atomic mass is 32.2. The minimum absolute atomic E-state index is 0.0135. The lowest BCUT2D eigenvalue weighted by Gasteiger charge is -2.22. The summed E-state index contributed by atoms with van der Waals surface area (Å²) in [5, 5.41) is 11.9. The Hall–Kier alpha value is -2.93. The number of carbonyl (C=O) groups excluding carboxylic acids is 1. The first-order chi connectivity index (χ1) is 13.5. The number of carboxylic acid groups (broad SMARTS) is 1. The lowest BCUT2D eigenvalue weighted by molar-refractivity contribution is -0.298. The predicted octanol–water partition coefficient (Wildman–Crippen LogP) is 3.57. The number of carbonyl (C=O) groups is 1. The lowest BCUT2D eigenvalue weighted by atomic mass is 10.1. The van der Waals surface area contributed by atoms with Gasteiger partial charge >= 0.3 is 0 Å². The summed E-state index contributed by atoms with van der Waals surface area (Å²) in [4.78, 5) is 18.1. The molecule has 0 radical (unpaired) electrons. The summed E-state index contributed by atoms with van der Waals surface area (Å²) in [6.45, 7) is 5.89. The van der Waals surface area contributed by atoms with Crippen molar-refractivity contribution in [1.29, 1.82) is 0 Å². The third-order valence-electron chi connectivity index (χ3n) is 4.30. The van der Waals surface area contributed by atoms with E-state index in [9.17, 15) is 9.90 Å². The Labute approximate surface area is 167 Å². The largest absolute Gasteiger partial charge is 0.544 e. The second-order valence-electron chi connectivity index (χ2n) is 5.94. The van der Waals surface area contributed by atoms with Crippen molar-refractivity contribution >= 4 is 40.6 Å². The van der Waals surface area contributed by atoms with Crippen LogP contribution >= 0.6 is 11.8 Å². The van der Waals surface area contributed by atoms with Gasteiger partial charge in [-0.1, -0.05) is 12.1 Å². The molecule has 0 bridgehead atoms. The Morgan fingerprint density at radius 1 is 1.25 bits per heavy atom. The van der Waals surface area contributed by atoms with E-state index in [1.807, 2.05) is 30.3 Å². The molecule has 146 valence electrons. The van der Waals surface area contributed by atoms with E-state index in [-0.39, 0.29) is 10.1 Å². The molecule has 0 saturated heterocycles. The molecule has 0 saturated carbocycles. The maximum Gasteiger partial charge on any atom is 0.261 e. The summed E-state index contributed by atoms with van der Waals surface area (Å²) in [6.07, 6.45) is 1.51. The number of aliphatic carboxylic acids is 1. The fourth-order valence-electron chi connectivity index (χ4n) is 2.86. The standard InChI is InChI=1S/C21H22N2O4S/c1-4-23(5-2)15-11-10-14(18(13-15)26-3)12-19(20(24)25)28-21-22-16-8-6-7-9-17(16)27-21/h6-13H,4-5H2,1-3H3,(H,24,25)/p-1/b19-12-. The van der Waals surface area contributed by atoms with Crippen molar-refractivity contribution in [3.8, 4) is 5.75 Å². The molecule has 0 fully saturated rings. The van der Waals surface area contributed by atoms with Gasteiger partial charge in [0.15, 0.2) is 5.58 Å². The third kappa shape index (κ3) is 4.31. The van der Waals surface area contributed by atoms with E-state index < -0.39 is 5.97 Å². The molecule has 0 spiro atoms. The Kier molecular flexibility index (Phi) is 6.26. The van der Waals surface area contributed by atoms with Gasteiger partial charge in [-0.2, -0.15) is 0 Å². The van der Waals surface area contributed by atoms with E-state index in [4.69, 9.17) is 9.15 Å². The van der Waals surface area contributed by atoms with Gasteiger partial charge in [-0.25, -0.2) is 4.98 Å². The topological polar surface area (TPSA) is 78.6 Å². The molecule has 28 heavy (non-hydrogen) atoms. The van der Waals surface area contributed by atoms with Gasteiger partial charge < -0.3 is 24.0 Å². The molecular weight excluding hydrogens is 376 g/mol. The average molecular weight is 397 g/mol. The van der Waals surface area contributed by atoms with Crippen molar-refractivity contribution in [3.05, 3.63) is 52.9 Å². The van der Waals surface area contributed by atoms with Gasteiger partial charge in [-0.15, -0.1) is 0 Å². The zero-order valence-corrected chi connectivity index (χ0v) is 16.8. The molecule has 0 amide bonds. The van der Waals surface area contributed by atoms with Crippen LogP contribution in [0.25, 0.3) is 17.2 Å². The summed E-state index contributed by atoms with van der Waals surface area (Å²) < 4.78 is 11.1. The minimum Gasteiger partial charge on any atom is -0.544 e. The van der Waals surface area contributed by atoms with Crippen LogP contribution in [0.2, 0.25) is 0 Å². The first kappa shape index (κ1) is 19.8. The van der Waals surface area contributed by atoms with Crippen LogP contribution < -0.4 is 14.7 Å². The van der Waals surface area contributed by atoms with Gasteiger partial charge in [0.1, 0.15) is 11.3 Å². The number of para-hydroxylation sites is 2. The quantitative estimate of drug-likeness (QED) is 0.425. The molecule has 3 aromatic rings. The molecule has 1 heterocycles. The summed E-state index contributed by atoms with van der Waals surface area (Å²) in [7, 11) is 1.56. The number of anilines is 1. The Morgan fingerprint density at radius 2 is 2.00 bits per heavy atom. The number of benzene rings is 2. The lowest BCUT2D eigenvalue weighted by Crippen LogP contribution is -2.23. The Morgan fingerprint density at radius 3 is 2.64 bits per heavy atom. The van der Waals surface area contributed by atoms with Gasteiger partial charge in [0.25, 0.3) is 5.22 Å². The minimum atomic E-state index is -1.30. The van der Waals surface area contributed by atoms with Gasteiger partial charge in [0.05, 0.1) is 13.1 Å². The van der Waals surface area contributed by atoms with E-state index in [0.29, 0.717) is 22.4 Å². The zero-order chi connectivity index (χ0) is 20.1. The number of methoxy groups -OCH3 is 1. The number of aromatic nitrogens is 1. The van der Waals surface area contributed by atoms with Crippen LogP contribution in [0.4, 0.5) is 5.69 Å². The number of rotatable bonds is 8. The van der Waals surface area contributed by atoms with Crippen molar-refractivity contribution in [3.63, 3.8) is 0 Å². The van der Waals surface area contributed by atoms with E-state index in [1.54, 1.807) is 19.2 Å². The smallest absolute Gasteiger partial charge is 0.261 e. The molecule has 0 atom stereocenters. The molecule has 0 aliphatic rings. The summed E-state index contributed by atoms with van der Waals surface area (Å²) in [5.74, 6) is -0.719. The van der Waals surface area contributed by atoms with Crippen LogP contribution in [0.1, 0.15) is 19.4 Å². The molecule has 2 aromatic carbocycles. The fourth-order valence-corrected chi connectivity index (χ4v) is 3.60. The maximum absolute atomic E-state index is 11.7. The van der Waals surface area contributed by atoms with Crippen molar-refractivity contribution in [2.24, 2.45) is 0 Å². The van der Waals surface area contributed by atoms with Crippen LogP contribution in [0.5, 0.6) is 5.75 Å². The van der Waals surface area contributed by atoms with Crippen LogP contribution in [-0.4, -0.2) is 31.2 Å². The van der Waals surface area contributed by atoms with Gasteiger partial charge in [0.2, 0.25) is 0 Å². The Balaban J connectivity index is 1.94. The molecule has 3 rings (SSSR count). The third-order valence-corrected chi connectivity index (χ3v) is 5.16. The second-order valence-corrected chi connectivity index (χ2v) is 6.94. The molecular formula is C21H21N2O4S-. The van der Waals surface area contributed by atoms with Crippen LogP contribution in [0, 0.1) is 0 Å². The van der Waals surface area contributed by atoms with Crippen LogP contribution in [0.15, 0.2) is 57.0 Å². The molecule has 0 aliphatic heterocycles. The summed E-state index contributed by atoms with van der Waals surface area (Å²) >= 11 is 0.911. The highest BCUT2D eigenvalue weighted by Crippen LogP contribution is 2.33. The second kappa shape index (κ2) is 8.84. The number of nitrogens with zero attached hydrogens (tertiary/aromatic N) is 2.